The Bertz CT molecular complexity index is 380. The Labute approximate surface area is 104 Å². The van der Waals surface area contributed by atoms with Gasteiger partial charge in [-0.15, -0.1) is 0 Å². The van der Waals surface area contributed by atoms with Crippen molar-refractivity contribution in [3.63, 3.8) is 0 Å². The number of hydrogen-bond acceptors (Lipinski definition) is 3. The lowest BCUT2D eigenvalue weighted by Crippen LogP contribution is -2.11. The van der Waals surface area contributed by atoms with Gasteiger partial charge in [0, 0.05) is 0 Å². The van der Waals surface area contributed by atoms with E-state index < -0.39 is 7.60 Å². The summed E-state index contributed by atoms with van der Waals surface area (Å²) in [6, 6.07) is 7.68. The Kier molecular flexibility index (Phi) is 5.90. The van der Waals surface area contributed by atoms with Gasteiger partial charge >= 0.3 is 7.60 Å². The van der Waals surface area contributed by atoms with Gasteiger partial charge < -0.3 is 9.05 Å². The molecule has 1 aromatic rings. The van der Waals surface area contributed by atoms with Gasteiger partial charge in [-0.25, -0.2) is 0 Å². The summed E-state index contributed by atoms with van der Waals surface area (Å²) in [7, 11) is -3.12. The molecule has 3 nitrogen and oxygen atoms in total. The fraction of sp³-hybridized carbons (Fsp3) is 0.538. The monoisotopic (exact) mass is 256 g/mol. The van der Waals surface area contributed by atoms with Crippen molar-refractivity contribution in [3.8, 4) is 0 Å². The Morgan fingerprint density at radius 3 is 2.29 bits per heavy atom. The van der Waals surface area contributed by atoms with Crippen molar-refractivity contribution in [2.24, 2.45) is 0 Å². The summed E-state index contributed by atoms with van der Waals surface area (Å²) in [6.45, 7) is 6.53. The molecule has 0 atom stereocenters. The fourth-order valence-corrected chi connectivity index (χ4v) is 3.34. The molecular formula is C13H21O3P. The number of rotatable bonds is 7. The van der Waals surface area contributed by atoms with E-state index in [1.807, 2.05) is 38.1 Å². The highest BCUT2D eigenvalue weighted by Gasteiger charge is 2.26. The molecule has 0 saturated heterocycles. The molecule has 0 saturated carbocycles. The van der Waals surface area contributed by atoms with Crippen LogP contribution in [-0.2, 0) is 20.0 Å². The Hall–Kier alpha value is -0.630. The molecule has 0 bridgehead atoms. The van der Waals surface area contributed by atoms with E-state index in [1.165, 1.54) is 5.56 Å². The number of hydrogen-bond donors (Lipinski definition) is 0. The zero-order valence-corrected chi connectivity index (χ0v) is 11.7. The van der Waals surface area contributed by atoms with Gasteiger partial charge in [0.25, 0.3) is 0 Å². The zero-order chi connectivity index (χ0) is 12.7. The number of benzene rings is 1. The van der Waals surface area contributed by atoms with E-state index in [0.717, 1.165) is 12.8 Å². The first-order chi connectivity index (χ1) is 8.16. The molecule has 0 spiro atoms. The van der Waals surface area contributed by atoms with Crippen molar-refractivity contribution >= 4 is 12.9 Å². The van der Waals surface area contributed by atoms with Crippen LogP contribution in [0.4, 0.5) is 0 Å². The molecule has 0 radical (unpaired) electrons. The highest BCUT2D eigenvalue weighted by atomic mass is 31.2. The standard InChI is InChI=1S/C13H21O3P/c1-4-8-12-9-7-10-13(11-12)17(14,15-5-2)16-6-3/h7,9-11H,4-6,8H2,1-3H3. The molecule has 0 unspecified atom stereocenters. The summed E-state index contributed by atoms with van der Waals surface area (Å²) in [6.07, 6.45) is 2.04. The van der Waals surface area contributed by atoms with Gasteiger partial charge in [-0.3, -0.25) is 4.57 Å². The van der Waals surface area contributed by atoms with E-state index in [-0.39, 0.29) is 0 Å². The summed E-state index contributed by atoms with van der Waals surface area (Å²) >= 11 is 0. The molecule has 0 N–H and O–H groups in total. The van der Waals surface area contributed by atoms with Crippen LogP contribution in [0.25, 0.3) is 0 Å². The van der Waals surface area contributed by atoms with Crippen LogP contribution in [0.15, 0.2) is 24.3 Å². The first-order valence-electron chi connectivity index (χ1n) is 6.14. The lowest BCUT2D eigenvalue weighted by molar-refractivity contribution is 0.230. The molecule has 0 fully saturated rings. The summed E-state index contributed by atoms with van der Waals surface area (Å²) in [4.78, 5) is 0. The normalized spacial score (nSPS) is 11.7. The third-order valence-corrected chi connectivity index (χ3v) is 4.47. The molecule has 0 aliphatic carbocycles. The molecule has 0 aliphatic rings. The smallest absolute Gasteiger partial charge is 0.305 e. The molecule has 96 valence electrons. The second-order valence-corrected chi connectivity index (χ2v) is 5.78. The Morgan fingerprint density at radius 2 is 1.76 bits per heavy atom. The highest BCUT2D eigenvalue weighted by molar-refractivity contribution is 7.62. The van der Waals surface area contributed by atoms with Crippen LogP contribution in [0, 0.1) is 0 Å². The maximum Gasteiger partial charge on any atom is 0.361 e. The van der Waals surface area contributed by atoms with Crippen molar-refractivity contribution in [1.29, 1.82) is 0 Å². The van der Waals surface area contributed by atoms with Crippen LogP contribution in [0.2, 0.25) is 0 Å². The van der Waals surface area contributed by atoms with Crippen LogP contribution in [-0.4, -0.2) is 13.2 Å². The van der Waals surface area contributed by atoms with Crippen LogP contribution in [0.3, 0.4) is 0 Å². The van der Waals surface area contributed by atoms with Gasteiger partial charge in [-0.2, -0.15) is 0 Å². The van der Waals surface area contributed by atoms with Gasteiger partial charge in [0.05, 0.1) is 18.5 Å². The van der Waals surface area contributed by atoms with Gasteiger partial charge in [0.2, 0.25) is 0 Å². The zero-order valence-electron chi connectivity index (χ0n) is 10.8. The summed E-state index contributed by atoms with van der Waals surface area (Å²) in [5.41, 5.74) is 1.17. The fourth-order valence-electron chi connectivity index (χ4n) is 1.70. The molecule has 4 heteroatoms. The number of aryl methyl sites for hydroxylation is 1. The molecule has 0 aromatic heterocycles. The third-order valence-electron chi connectivity index (χ3n) is 2.36. The second-order valence-electron chi connectivity index (χ2n) is 3.75. The average molecular weight is 256 g/mol. The van der Waals surface area contributed by atoms with E-state index in [9.17, 15) is 4.57 Å². The minimum absolute atomic E-state index is 0.384. The topological polar surface area (TPSA) is 35.5 Å². The predicted molar refractivity (Wildman–Crippen MR) is 70.9 cm³/mol. The van der Waals surface area contributed by atoms with Crippen LogP contribution >= 0.6 is 7.60 Å². The van der Waals surface area contributed by atoms with Gasteiger partial charge in [-0.05, 0) is 38.0 Å². The van der Waals surface area contributed by atoms with Crippen molar-refractivity contribution in [2.45, 2.75) is 33.6 Å². The molecule has 0 amide bonds. The van der Waals surface area contributed by atoms with Gasteiger partial charge in [0.1, 0.15) is 0 Å². The summed E-state index contributed by atoms with van der Waals surface area (Å²) in [5.74, 6) is 0. The van der Waals surface area contributed by atoms with Gasteiger partial charge in [-0.1, -0.05) is 25.5 Å². The lowest BCUT2D eigenvalue weighted by atomic mass is 10.1. The van der Waals surface area contributed by atoms with E-state index in [0.29, 0.717) is 18.5 Å². The van der Waals surface area contributed by atoms with Crippen LogP contribution in [0.5, 0.6) is 0 Å². The maximum absolute atomic E-state index is 12.5. The highest BCUT2D eigenvalue weighted by Crippen LogP contribution is 2.46. The van der Waals surface area contributed by atoms with E-state index in [2.05, 4.69) is 6.92 Å². The quantitative estimate of drug-likeness (QED) is 0.700. The molecule has 0 aliphatic heterocycles. The summed E-state index contributed by atoms with van der Waals surface area (Å²) in [5, 5.41) is 0.659. The largest absolute Gasteiger partial charge is 0.361 e. The van der Waals surface area contributed by atoms with Gasteiger partial charge in [0.15, 0.2) is 0 Å². The lowest BCUT2D eigenvalue weighted by Gasteiger charge is -2.17. The van der Waals surface area contributed by atoms with Crippen molar-refractivity contribution < 1.29 is 13.6 Å². The third kappa shape index (κ3) is 3.95. The average Bonchev–Trinajstić information content (AvgIpc) is 2.30. The molecule has 0 heterocycles. The van der Waals surface area contributed by atoms with Crippen molar-refractivity contribution in [3.05, 3.63) is 29.8 Å². The first kappa shape index (κ1) is 14.4. The molecular weight excluding hydrogens is 235 g/mol. The Balaban J connectivity index is 3.01. The van der Waals surface area contributed by atoms with Crippen molar-refractivity contribution in [1.82, 2.24) is 0 Å². The van der Waals surface area contributed by atoms with E-state index in [1.54, 1.807) is 0 Å². The maximum atomic E-state index is 12.5. The first-order valence-corrected chi connectivity index (χ1v) is 7.69. The van der Waals surface area contributed by atoms with Crippen LogP contribution < -0.4 is 5.30 Å². The minimum Gasteiger partial charge on any atom is -0.305 e. The van der Waals surface area contributed by atoms with Crippen molar-refractivity contribution in [2.75, 3.05) is 13.2 Å². The predicted octanol–water partition coefficient (Wildman–Crippen LogP) is 3.53. The molecule has 1 rings (SSSR count). The summed E-state index contributed by atoms with van der Waals surface area (Å²) < 4.78 is 23.2. The minimum atomic E-state index is -3.12. The SMILES string of the molecule is CCCc1cccc(P(=O)(OCC)OCC)c1. The molecule has 17 heavy (non-hydrogen) atoms. The second kappa shape index (κ2) is 6.95. The van der Waals surface area contributed by atoms with Crippen LogP contribution in [0.1, 0.15) is 32.8 Å². The van der Waals surface area contributed by atoms with E-state index >= 15 is 0 Å². The Morgan fingerprint density at radius 1 is 1.12 bits per heavy atom. The van der Waals surface area contributed by atoms with E-state index in [4.69, 9.17) is 9.05 Å². The molecule has 1 aromatic carbocycles.